The van der Waals surface area contributed by atoms with Crippen molar-refractivity contribution in [2.24, 2.45) is 5.41 Å². The van der Waals surface area contributed by atoms with Crippen molar-refractivity contribution < 1.29 is 9.47 Å². The van der Waals surface area contributed by atoms with Gasteiger partial charge in [0.2, 0.25) is 5.79 Å². The zero-order valence-electron chi connectivity index (χ0n) is 12.4. The predicted molar refractivity (Wildman–Crippen MR) is 81.3 cm³/mol. The first kappa shape index (κ1) is 14.1. The molecule has 1 fully saturated rings. The molecule has 108 valence electrons. The van der Waals surface area contributed by atoms with Crippen molar-refractivity contribution in [3.05, 3.63) is 53.6 Å². The second-order valence-corrected chi connectivity index (χ2v) is 6.36. The average Bonchev–Trinajstić information content (AvgIpc) is 3.18. The average molecular weight is 281 g/mol. The number of allylic oxidation sites excluding steroid dienone is 2. The summed E-state index contributed by atoms with van der Waals surface area (Å²) in [5, 5.41) is 8.59. The van der Waals surface area contributed by atoms with Crippen molar-refractivity contribution in [3.8, 4) is 6.07 Å². The van der Waals surface area contributed by atoms with Crippen LogP contribution in [-0.4, -0.2) is 19.0 Å². The molecule has 0 atom stereocenters. The number of nitrogens with zero attached hydrogens (tertiary/aromatic N) is 1. The van der Waals surface area contributed by atoms with Gasteiger partial charge < -0.3 is 9.47 Å². The summed E-state index contributed by atoms with van der Waals surface area (Å²) in [5.74, 6) is -0.607. The van der Waals surface area contributed by atoms with Crippen LogP contribution in [0.25, 0.3) is 5.57 Å². The second kappa shape index (κ2) is 5.14. The molecule has 0 saturated carbocycles. The molecule has 3 rings (SSSR count). The second-order valence-electron chi connectivity index (χ2n) is 6.36. The Morgan fingerprint density at radius 1 is 1.24 bits per heavy atom. The highest BCUT2D eigenvalue weighted by Crippen LogP contribution is 2.51. The standard InChI is InChI=1S/C18H19NO2/c1-17(2)12-20-18(21-13-17)11-16(18)15-9-4-3-7-14(15)8-5-6-10-19/h3-7,9,11H,8,12-13H2,1-2H3/b6-5+. The van der Waals surface area contributed by atoms with Gasteiger partial charge in [0, 0.05) is 17.1 Å². The van der Waals surface area contributed by atoms with E-state index in [4.69, 9.17) is 14.7 Å². The van der Waals surface area contributed by atoms with Gasteiger partial charge in [0.1, 0.15) is 0 Å². The van der Waals surface area contributed by atoms with Crippen molar-refractivity contribution in [2.75, 3.05) is 13.2 Å². The summed E-state index contributed by atoms with van der Waals surface area (Å²) in [6.07, 6.45) is 6.18. The normalized spacial score (nSPS) is 22.0. The summed E-state index contributed by atoms with van der Waals surface area (Å²) < 4.78 is 11.9. The summed E-state index contributed by atoms with van der Waals surface area (Å²) in [6, 6.07) is 10.2. The largest absolute Gasteiger partial charge is 0.342 e. The first-order chi connectivity index (χ1) is 10.1. The van der Waals surface area contributed by atoms with Gasteiger partial charge in [0.25, 0.3) is 0 Å². The smallest absolute Gasteiger partial charge is 0.216 e. The Morgan fingerprint density at radius 3 is 2.67 bits per heavy atom. The van der Waals surface area contributed by atoms with E-state index in [9.17, 15) is 0 Å². The predicted octanol–water partition coefficient (Wildman–Crippen LogP) is 3.48. The summed E-state index contributed by atoms with van der Waals surface area (Å²) in [7, 11) is 0. The van der Waals surface area contributed by atoms with Gasteiger partial charge in [-0.25, -0.2) is 0 Å². The fraction of sp³-hybridized carbons (Fsp3) is 0.389. The van der Waals surface area contributed by atoms with E-state index in [-0.39, 0.29) is 5.41 Å². The molecular weight excluding hydrogens is 262 g/mol. The Labute approximate surface area is 125 Å². The van der Waals surface area contributed by atoms with Gasteiger partial charge in [-0.3, -0.25) is 0 Å². The lowest BCUT2D eigenvalue weighted by molar-refractivity contribution is -0.222. The maximum atomic E-state index is 8.59. The fourth-order valence-electron chi connectivity index (χ4n) is 2.55. The van der Waals surface area contributed by atoms with E-state index >= 15 is 0 Å². The Balaban J connectivity index is 1.76. The van der Waals surface area contributed by atoms with Crippen LogP contribution in [0.4, 0.5) is 0 Å². The molecule has 1 saturated heterocycles. The number of ether oxygens (including phenoxy) is 2. The lowest BCUT2D eigenvalue weighted by atomic mass is 9.95. The lowest BCUT2D eigenvalue weighted by Gasteiger charge is -2.36. The van der Waals surface area contributed by atoms with E-state index in [1.165, 1.54) is 11.6 Å². The minimum Gasteiger partial charge on any atom is -0.342 e. The molecule has 0 aromatic heterocycles. The van der Waals surface area contributed by atoms with Gasteiger partial charge in [-0.15, -0.1) is 0 Å². The SMILES string of the molecule is CC1(C)COC2(C=C2c2ccccc2C/C=C/C#N)OC1. The fourth-order valence-corrected chi connectivity index (χ4v) is 2.55. The van der Waals surface area contributed by atoms with Crippen LogP contribution in [0.3, 0.4) is 0 Å². The van der Waals surface area contributed by atoms with Gasteiger partial charge in [0.15, 0.2) is 0 Å². The molecule has 1 aromatic carbocycles. The van der Waals surface area contributed by atoms with E-state index < -0.39 is 5.79 Å². The molecule has 21 heavy (non-hydrogen) atoms. The minimum atomic E-state index is -0.607. The van der Waals surface area contributed by atoms with Crippen LogP contribution in [0.1, 0.15) is 25.0 Å². The van der Waals surface area contributed by atoms with E-state index in [1.54, 1.807) is 0 Å². The zero-order chi connectivity index (χ0) is 14.9. The van der Waals surface area contributed by atoms with Crippen molar-refractivity contribution in [3.63, 3.8) is 0 Å². The Kier molecular flexibility index (Phi) is 3.44. The van der Waals surface area contributed by atoms with Crippen LogP contribution in [-0.2, 0) is 15.9 Å². The van der Waals surface area contributed by atoms with Gasteiger partial charge >= 0.3 is 0 Å². The van der Waals surface area contributed by atoms with E-state index in [0.717, 1.165) is 17.6 Å². The van der Waals surface area contributed by atoms with Gasteiger partial charge in [-0.1, -0.05) is 44.2 Å². The number of hydrogen-bond donors (Lipinski definition) is 0. The molecule has 0 unspecified atom stereocenters. The lowest BCUT2D eigenvalue weighted by Crippen LogP contribution is -2.40. The Bertz CT molecular complexity index is 639. The van der Waals surface area contributed by atoms with Crippen molar-refractivity contribution in [2.45, 2.75) is 26.1 Å². The van der Waals surface area contributed by atoms with Crippen LogP contribution in [0.2, 0.25) is 0 Å². The molecule has 3 heteroatoms. The van der Waals surface area contributed by atoms with E-state index in [0.29, 0.717) is 13.2 Å². The van der Waals surface area contributed by atoms with Crippen LogP contribution in [0.5, 0.6) is 0 Å². The number of rotatable bonds is 3. The number of benzene rings is 1. The molecule has 0 radical (unpaired) electrons. The van der Waals surface area contributed by atoms with Crippen LogP contribution in [0, 0.1) is 16.7 Å². The van der Waals surface area contributed by atoms with E-state index in [1.807, 2.05) is 24.3 Å². The highest BCUT2D eigenvalue weighted by molar-refractivity contribution is 5.87. The molecule has 0 bridgehead atoms. The Morgan fingerprint density at radius 2 is 1.95 bits per heavy atom. The maximum Gasteiger partial charge on any atom is 0.216 e. The summed E-state index contributed by atoms with van der Waals surface area (Å²) in [4.78, 5) is 0. The molecule has 1 aliphatic carbocycles. The summed E-state index contributed by atoms with van der Waals surface area (Å²) in [5.41, 5.74) is 3.52. The van der Waals surface area contributed by atoms with E-state index in [2.05, 4.69) is 32.1 Å². The molecular formula is C18H19NO2. The highest BCUT2D eigenvalue weighted by atomic mass is 16.7. The quantitative estimate of drug-likeness (QED) is 0.797. The molecule has 1 aliphatic heterocycles. The zero-order valence-corrected chi connectivity index (χ0v) is 12.4. The molecule has 0 amide bonds. The van der Waals surface area contributed by atoms with Crippen LogP contribution in [0.15, 0.2) is 42.5 Å². The third-order valence-electron chi connectivity index (χ3n) is 3.82. The van der Waals surface area contributed by atoms with Crippen molar-refractivity contribution >= 4 is 5.57 Å². The van der Waals surface area contributed by atoms with Gasteiger partial charge in [-0.2, -0.15) is 5.26 Å². The molecule has 1 spiro atoms. The molecule has 1 aromatic rings. The third-order valence-corrected chi connectivity index (χ3v) is 3.82. The van der Waals surface area contributed by atoms with Crippen molar-refractivity contribution in [1.29, 1.82) is 5.26 Å². The van der Waals surface area contributed by atoms with Crippen molar-refractivity contribution in [1.82, 2.24) is 0 Å². The molecule has 0 N–H and O–H groups in total. The summed E-state index contributed by atoms with van der Waals surface area (Å²) >= 11 is 0. The monoisotopic (exact) mass is 281 g/mol. The third kappa shape index (κ3) is 2.78. The number of nitriles is 1. The minimum absolute atomic E-state index is 0.0713. The van der Waals surface area contributed by atoms with Crippen LogP contribution < -0.4 is 0 Å². The topological polar surface area (TPSA) is 42.2 Å². The maximum absolute atomic E-state index is 8.59. The molecule has 1 heterocycles. The molecule has 2 aliphatic rings. The first-order valence-corrected chi connectivity index (χ1v) is 7.20. The van der Waals surface area contributed by atoms with Crippen LogP contribution >= 0.6 is 0 Å². The Hall–Kier alpha value is -1.89. The van der Waals surface area contributed by atoms with Gasteiger partial charge in [-0.05, 0) is 23.6 Å². The molecule has 3 nitrogen and oxygen atoms in total. The highest BCUT2D eigenvalue weighted by Gasteiger charge is 2.52. The number of hydrogen-bond acceptors (Lipinski definition) is 3. The van der Waals surface area contributed by atoms with Gasteiger partial charge in [0.05, 0.1) is 19.3 Å². The summed E-state index contributed by atoms with van der Waals surface area (Å²) in [6.45, 7) is 5.68. The first-order valence-electron chi connectivity index (χ1n) is 7.20.